The number of aromatic nitrogens is 1. The van der Waals surface area contributed by atoms with Crippen molar-refractivity contribution in [2.24, 2.45) is 17.8 Å². The molecule has 0 spiro atoms. The molecule has 0 radical (unpaired) electrons. The summed E-state index contributed by atoms with van der Waals surface area (Å²) in [7, 11) is 0. The number of unbranched alkanes of at least 4 members (excludes halogenated alkanes) is 1. The molecule has 1 aliphatic carbocycles. The molecule has 1 aliphatic rings. The standard InChI is InChI=1S/C35H57N5O7/c1-6-8-12-26(25-13-9-10-18-36-25)37-31(43)21-29(41)27(19-22(3)4)38-34(46)28(20-24-16-17-24)39-35(47)33(23(5)7-2)40-30(42)14-11-15-32(44)45/h9-10,13,18,22-24,26-29,33,41H,6-8,11-12,14-17,19-21H2,1-5H3,(H,37,43)(H,38,46)(H,39,47)(H,40,42)(H,44,45)/t23-,26+,27-,28-,29-,33-/m0/s1. The van der Waals surface area contributed by atoms with E-state index in [1.165, 1.54) is 0 Å². The average molecular weight is 660 g/mol. The first-order valence-electron chi connectivity index (χ1n) is 17.3. The van der Waals surface area contributed by atoms with Gasteiger partial charge in [-0.05, 0) is 55.6 Å². The number of carboxylic acids is 1. The zero-order valence-electron chi connectivity index (χ0n) is 28.8. The molecule has 12 nitrogen and oxygen atoms in total. The Bertz CT molecular complexity index is 1140. The molecule has 0 aliphatic heterocycles. The topological polar surface area (TPSA) is 187 Å². The highest BCUT2D eigenvalue weighted by molar-refractivity contribution is 5.92. The number of carbonyl (C=O) groups excluding carboxylic acids is 4. The largest absolute Gasteiger partial charge is 0.481 e. The number of hydrogen-bond acceptors (Lipinski definition) is 7. The van der Waals surface area contributed by atoms with E-state index in [9.17, 15) is 29.1 Å². The second-order valence-corrected chi connectivity index (χ2v) is 13.5. The van der Waals surface area contributed by atoms with E-state index in [1.54, 1.807) is 6.20 Å². The molecule has 6 atom stereocenters. The van der Waals surface area contributed by atoms with Gasteiger partial charge in [-0.1, -0.05) is 72.8 Å². The predicted molar refractivity (Wildman–Crippen MR) is 179 cm³/mol. The minimum absolute atomic E-state index is 0.0257. The van der Waals surface area contributed by atoms with Gasteiger partial charge in [0.05, 0.1) is 30.3 Å². The van der Waals surface area contributed by atoms with Crippen molar-refractivity contribution in [3.8, 4) is 0 Å². The SMILES string of the molecule is CCCC[C@@H](NC(=O)C[C@H](O)[C@H](CC(C)C)NC(=O)[C@H](CC1CC1)NC(=O)[C@@H](NC(=O)CCCC(=O)O)[C@@H](C)CC)c1ccccn1. The molecule has 1 aromatic heterocycles. The van der Waals surface area contributed by atoms with Crippen LogP contribution < -0.4 is 21.3 Å². The molecule has 2 rings (SSSR count). The van der Waals surface area contributed by atoms with E-state index in [2.05, 4.69) is 33.2 Å². The molecule has 0 bridgehead atoms. The third-order valence-corrected chi connectivity index (χ3v) is 8.64. The minimum Gasteiger partial charge on any atom is -0.481 e. The molecule has 0 unspecified atom stereocenters. The van der Waals surface area contributed by atoms with Gasteiger partial charge in [-0.2, -0.15) is 0 Å². The fraction of sp³-hybridized carbons (Fsp3) is 0.714. The highest BCUT2D eigenvalue weighted by Gasteiger charge is 2.35. The van der Waals surface area contributed by atoms with Gasteiger partial charge in [0.2, 0.25) is 23.6 Å². The number of nitrogens with zero attached hydrogens (tertiary/aromatic N) is 1. The second-order valence-electron chi connectivity index (χ2n) is 13.5. The Kier molecular flexibility index (Phi) is 17.4. The van der Waals surface area contributed by atoms with Gasteiger partial charge in [-0.3, -0.25) is 29.0 Å². The third kappa shape index (κ3) is 15.3. The summed E-state index contributed by atoms with van der Waals surface area (Å²) in [6.07, 6.45) is 6.20. The van der Waals surface area contributed by atoms with Gasteiger partial charge < -0.3 is 31.5 Å². The van der Waals surface area contributed by atoms with Gasteiger partial charge in [0, 0.05) is 19.0 Å². The smallest absolute Gasteiger partial charge is 0.303 e. The summed E-state index contributed by atoms with van der Waals surface area (Å²) in [6.45, 7) is 9.73. The molecule has 0 aromatic carbocycles. The monoisotopic (exact) mass is 659 g/mol. The van der Waals surface area contributed by atoms with Crippen LogP contribution in [0.4, 0.5) is 0 Å². The van der Waals surface area contributed by atoms with Crippen molar-refractivity contribution in [1.82, 2.24) is 26.3 Å². The summed E-state index contributed by atoms with van der Waals surface area (Å²) in [5.74, 6) is -2.54. The van der Waals surface area contributed by atoms with Gasteiger partial charge in [-0.15, -0.1) is 0 Å². The second kappa shape index (κ2) is 20.6. The zero-order chi connectivity index (χ0) is 34.9. The van der Waals surface area contributed by atoms with E-state index in [-0.39, 0.29) is 55.4 Å². The quantitative estimate of drug-likeness (QED) is 0.102. The number of aliphatic carboxylic acids is 1. The maximum atomic E-state index is 13.7. The van der Waals surface area contributed by atoms with Gasteiger partial charge in [0.15, 0.2) is 0 Å². The van der Waals surface area contributed by atoms with Crippen molar-refractivity contribution in [1.29, 1.82) is 0 Å². The summed E-state index contributed by atoms with van der Waals surface area (Å²) in [6, 6.07) is 2.75. The van der Waals surface area contributed by atoms with E-state index in [0.29, 0.717) is 25.7 Å². The fourth-order valence-electron chi connectivity index (χ4n) is 5.50. The van der Waals surface area contributed by atoms with Gasteiger partial charge in [0.1, 0.15) is 12.1 Å². The number of amides is 4. The number of nitrogens with one attached hydrogen (secondary N) is 4. The summed E-state index contributed by atoms with van der Waals surface area (Å²) in [5, 5.41) is 31.6. The van der Waals surface area contributed by atoms with Gasteiger partial charge >= 0.3 is 5.97 Å². The van der Waals surface area contributed by atoms with Gasteiger partial charge in [0.25, 0.3) is 0 Å². The van der Waals surface area contributed by atoms with Crippen LogP contribution in [0, 0.1) is 17.8 Å². The Morgan fingerprint density at radius 3 is 2.21 bits per heavy atom. The number of aliphatic hydroxyl groups excluding tert-OH is 1. The molecule has 0 saturated heterocycles. The molecule has 1 saturated carbocycles. The van der Waals surface area contributed by atoms with E-state index in [0.717, 1.165) is 31.4 Å². The minimum atomic E-state index is -1.16. The van der Waals surface area contributed by atoms with E-state index in [4.69, 9.17) is 5.11 Å². The number of carbonyl (C=O) groups is 5. The van der Waals surface area contributed by atoms with Crippen molar-refractivity contribution >= 4 is 29.6 Å². The van der Waals surface area contributed by atoms with Crippen molar-refractivity contribution in [2.75, 3.05) is 0 Å². The molecule has 1 aromatic rings. The normalized spacial score (nSPS) is 16.7. The van der Waals surface area contributed by atoms with Crippen molar-refractivity contribution in [3.05, 3.63) is 30.1 Å². The zero-order valence-corrected chi connectivity index (χ0v) is 28.8. The molecular formula is C35H57N5O7. The van der Waals surface area contributed by atoms with Crippen molar-refractivity contribution in [2.45, 2.75) is 142 Å². The number of carboxylic acid groups (broad SMARTS) is 1. The fourth-order valence-corrected chi connectivity index (χ4v) is 5.50. The Balaban J connectivity index is 2.12. The average Bonchev–Trinajstić information content (AvgIpc) is 3.84. The van der Waals surface area contributed by atoms with Crippen molar-refractivity contribution < 1.29 is 34.2 Å². The maximum absolute atomic E-state index is 13.7. The highest BCUT2D eigenvalue weighted by Crippen LogP contribution is 2.33. The Labute approximate surface area is 279 Å². The lowest BCUT2D eigenvalue weighted by Gasteiger charge is -2.30. The lowest BCUT2D eigenvalue weighted by atomic mass is 9.95. The first-order chi connectivity index (χ1) is 22.3. The third-order valence-electron chi connectivity index (χ3n) is 8.64. The molecule has 6 N–H and O–H groups in total. The summed E-state index contributed by atoms with van der Waals surface area (Å²) < 4.78 is 0. The molecule has 1 fully saturated rings. The summed E-state index contributed by atoms with van der Waals surface area (Å²) in [5.41, 5.74) is 0.752. The first-order valence-corrected chi connectivity index (χ1v) is 17.3. The number of rotatable bonds is 23. The predicted octanol–water partition coefficient (Wildman–Crippen LogP) is 3.78. The maximum Gasteiger partial charge on any atom is 0.303 e. The van der Waals surface area contributed by atoms with Crippen LogP contribution in [0.1, 0.15) is 123 Å². The van der Waals surface area contributed by atoms with Crippen LogP contribution in [-0.4, -0.2) is 69.0 Å². The summed E-state index contributed by atoms with van der Waals surface area (Å²) >= 11 is 0. The number of hydrogen-bond donors (Lipinski definition) is 6. The van der Waals surface area contributed by atoms with E-state index >= 15 is 0 Å². The van der Waals surface area contributed by atoms with Crippen LogP contribution >= 0.6 is 0 Å². The van der Waals surface area contributed by atoms with Crippen LogP contribution in [0.5, 0.6) is 0 Å². The first kappa shape index (κ1) is 39.6. The molecule has 47 heavy (non-hydrogen) atoms. The van der Waals surface area contributed by atoms with Crippen LogP contribution in [-0.2, 0) is 24.0 Å². The molecule has 12 heteroatoms. The van der Waals surface area contributed by atoms with Gasteiger partial charge in [-0.25, -0.2) is 0 Å². The summed E-state index contributed by atoms with van der Waals surface area (Å²) in [4.78, 5) is 68.1. The lowest BCUT2D eigenvalue weighted by Crippen LogP contribution is -2.57. The van der Waals surface area contributed by atoms with Crippen molar-refractivity contribution in [3.63, 3.8) is 0 Å². The van der Waals surface area contributed by atoms with Crippen LogP contribution in [0.25, 0.3) is 0 Å². The number of aliphatic hydroxyl groups is 1. The Hall–Kier alpha value is -3.54. The molecule has 1 heterocycles. The molecule has 4 amide bonds. The molecular weight excluding hydrogens is 602 g/mol. The van der Waals surface area contributed by atoms with E-state index in [1.807, 2.05) is 45.9 Å². The van der Waals surface area contributed by atoms with E-state index < -0.39 is 47.9 Å². The van der Waals surface area contributed by atoms with Crippen LogP contribution in [0.3, 0.4) is 0 Å². The highest BCUT2D eigenvalue weighted by atomic mass is 16.4. The lowest BCUT2D eigenvalue weighted by molar-refractivity contribution is -0.137. The Morgan fingerprint density at radius 1 is 0.915 bits per heavy atom. The van der Waals surface area contributed by atoms with Crippen LogP contribution in [0.2, 0.25) is 0 Å². The Morgan fingerprint density at radius 2 is 1.64 bits per heavy atom. The van der Waals surface area contributed by atoms with Crippen LogP contribution in [0.15, 0.2) is 24.4 Å². The number of pyridine rings is 1. The molecule has 264 valence electrons.